The molecule has 1 saturated carbocycles. The van der Waals surface area contributed by atoms with E-state index in [0.717, 1.165) is 18.1 Å². The molecule has 0 aromatic rings. The molecule has 1 atom stereocenters. The lowest BCUT2D eigenvalue weighted by Gasteiger charge is -2.29. The molecule has 3 aliphatic rings. The summed E-state index contributed by atoms with van der Waals surface area (Å²) in [6, 6.07) is 0. The largest absolute Gasteiger partial charge is 0.450 e. The molecule has 2 fully saturated rings. The van der Waals surface area contributed by atoms with Crippen LogP contribution >= 0.6 is 12.4 Å². The van der Waals surface area contributed by atoms with Gasteiger partial charge in [-0.3, -0.25) is 0 Å². The Morgan fingerprint density at radius 2 is 2.17 bits per heavy atom. The van der Waals surface area contributed by atoms with Crippen LogP contribution in [0.2, 0.25) is 0 Å². The summed E-state index contributed by atoms with van der Waals surface area (Å²) >= 11 is 0. The maximum absolute atomic E-state index is 11.4. The Morgan fingerprint density at radius 1 is 1.43 bits per heavy atom. The molecule has 0 radical (unpaired) electrons. The Hall–Kier alpha value is -1.23. The molecule has 1 amide bonds. The van der Waals surface area contributed by atoms with Gasteiger partial charge < -0.3 is 14.5 Å². The van der Waals surface area contributed by atoms with Crippen LogP contribution in [0.3, 0.4) is 0 Å². The fraction of sp³-hybridized carbons (Fsp3) is 0.765. The predicted molar refractivity (Wildman–Crippen MR) is 94.1 cm³/mol. The molecule has 23 heavy (non-hydrogen) atoms. The highest BCUT2D eigenvalue weighted by Crippen LogP contribution is 2.23. The number of carbonyl (C=O) groups is 1. The molecule has 1 aliphatic carbocycles. The quantitative estimate of drug-likeness (QED) is 0.711. The molecule has 1 unspecified atom stereocenters. The number of rotatable bonds is 2. The summed E-state index contributed by atoms with van der Waals surface area (Å²) in [6.07, 6.45) is 9.78. The second-order valence-corrected chi connectivity index (χ2v) is 6.10. The monoisotopic (exact) mass is 344 g/mol. The van der Waals surface area contributed by atoms with Crippen LogP contribution in [-0.2, 0) is 9.57 Å². The standard InChI is InChI=1S/C9H14N2O3.C8H14.ClH/c1-2-13-9(12)11-4-3-8-7(5-11)6-14-10-8;1-2-8-6-4-3-5-7-8;/h7H,2-6H2,1H3;2,8H,1,3-7H2;1H. The summed E-state index contributed by atoms with van der Waals surface area (Å²) in [5, 5.41) is 3.94. The lowest BCUT2D eigenvalue weighted by Crippen LogP contribution is -2.44. The minimum Gasteiger partial charge on any atom is -0.450 e. The van der Waals surface area contributed by atoms with Crippen molar-refractivity contribution in [1.29, 1.82) is 0 Å². The average molecular weight is 345 g/mol. The molecule has 2 aliphatic heterocycles. The van der Waals surface area contributed by atoms with Gasteiger partial charge in [0, 0.05) is 19.5 Å². The van der Waals surface area contributed by atoms with E-state index in [1.165, 1.54) is 32.1 Å². The fourth-order valence-electron chi connectivity index (χ4n) is 3.15. The highest BCUT2D eigenvalue weighted by Gasteiger charge is 2.32. The van der Waals surface area contributed by atoms with Crippen LogP contribution in [0.1, 0.15) is 45.4 Å². The molecule has 6 heteroatoms. The van der Waals surface area contributed by atoms with Gasteiger partial charge in [0.1, 0.15) is 6.61 Å². The summed E-state index contributed by atoms with van der Waals surface area (Å²) in [7, 11) is 0. The van der Waals surface area contributed by atoms with Crippen LogP contribution in [0.25, 0.3) is 0 Å². The van der Waals surface area contributed by atoms with Crippen LogP contribution in [0.15, 0.2) is 17.8 Å². The number of hydrogen-bond donors (Lipinski definition) is 0. The number of oxime groups is 1. The van der Waals surface area contributed by atoms with E-state index >= 15 is 0 Å². The van der Waals surface area contributed by atoms with Crippen LogP contribution in [0.5, 0.6) is 0 Å². The minimum absolute atomic E-state index is 0. The van der Waals surface area contributed by atoms with Crippen molar-refractivity contribution in [3.8, 4) is 0 Å². The molecule has 5 nitrogen and oxygen atoms in total. The summed E-state index contributed by atoms with van der Waals surface area (Å²) in [6.45, 7) is 8.00. The number of amides is 1. The van der Waals surface area contributed by atoms with Crippen molar-refractivity contribution in [1.82, 2.24) is 4.90 Å². The lowest BCUT2D eigenvalue weighted by molar-refractivity contribution is 0.0944. The second kappa shape index (κ2) is 10.5. The fourth-order valence-corrected chi connectivity index (χ4v) is 3.15. The zero-order chi connectivity index (χ0) is 15.8. The smallest absolute Gasteiger partial charge is 0.409 e. The number of halogens is 1. The van der Waals surface area contributed by atoms with Gasteiger partial charge in [-0.05, 0) is 25.7 Å². The molecule has 2 heterocycles. The van der Waals surface area contributed by atoms with Gasteiger partial charge in [0.2, 0.25) is 0 Å². The predicted octanol–water partition coefficient (Wildman–Crippen LogP) is 4.03. The van der Waals surface area contributed by atoms with E-state index in [-0.39, 0.29) is 24.4 Å². The first-order chi connectivity index (χ1) is 10.7. The molecule has 3 rings (SSSR count). The average Bonchev–Trinajstić information content (AvgIpc) is 3.04. The SMILES string of the molecule is C=CC1CCCCC1.CCOC(=O)N1CCC2=NOCC2C1.Cl. The van der Waals surface area contributed by atoms with E-state index in [9.17, 15) is 4.79 Å². The summed E-state index contributed by atoms with van der Waals surface area (Å²) in [4.78, 5) is 18.1. The van der Waals surface area contributed by atoms with Crippen LogP contribution in [0, 0.1) is 11.8 Å². The van der Waals surface area contributed by atoms with E-state index in [1.807, 2.05) is 6.92 Å². The highest BCUT2D eigenvalue weighted by molar-refractivity contribution is 5.89. The molecule has 0 N–H and O–H groups in total. The number of likely N-dealkylation sites (tertiary alicyclic amines) is 1. The van der Waals surface area contributed by atoms with E-state index in [0.29, 0.717) is 26.3 Å². The van der Waals surface area contributed by atoms with Crippen LogP contribution < -0.4 is 0 Å². The zero-order valence-corrected chi connectivity index (χ0v) is 14.9. The molecular weight excluding hydrogens is 316 g/mol. The van der Waals surface area contributed by atoms with Gasteiger partial charge in [-0.2, -0.15) is 0 Å². The van der Waals surface area contributed by atoms with Gasteiger partial charge in [0.25, 0.3) is 0 Å². The summed E-state index contributed by atoms with van der Waals surface area (Å²) in [5.74, 6) is 1.14. The Balaban J connectivity index is 0.000000253. The van der Waals surface area contributed by atoms with Crippen molar-refractivity contribution in [3.05, 3.63) is 12.7 Å². The third-order valence-corrected chi connectivity index (χ3v) is 4.52. The molecule has 0 spiro atoms. The van der Waals surface area contributed by atoms with E-state index < -0.39 is 0 Å². The molecular formula is C17H29ClN2O3. The van der Waals surface area contributed by atoms with E-state index in [1.54, 1.807) is 4.90 Å². The van der Waals surface area contributed by atoms with E-state index in [4.69, 9.17) is 9.57 Å². The Morgan fingerprint density at radius 3 is 2.78 bits per heavy atom. The number of piperidine rings is 1. The molecule has 0 aromatic carbocycles. The molecule has 132 valence electrons. The third kappa shape index (κ3) is 6.05. The number of nitrogens with zero attached hydrogens (tertiary/aromatic N) is 2. The molecule has 0 aromatic heterocycles. The van der Waals surface area contributed by atoms with Crippen molar-refractivity contribution in [2.75, 3.05) is 26.3 Å². The Bertz CT molecular complexity index is 409. The topological polar surface area (TPSA) is 51.1 Å². The normalized spacial score (nSPS) is 23.3. The first-order valence-corrected chi connectivity index (χ1v) is 8.47. The first kappa shape index (κ1) is 19.8. The van der Waals surface area contributed by atoms with E-state index in [2.05, 4.69) is 17.8 Å². The third-order valence-electron chi connectivity index (χ3n) is 4.52. The maximum atomic E-state index is 11.4. The number of hydrogen-bond acceptors (Lipinski definition) is 4. The van der Waals surface area contributed by atoms with Crippen LogP contribution in [0.4, 0.5) is 4.79 Å². The first-order valence-electron chi connectivity index (χ1n) is 8.47. The number of fused-ring (bicyclic) bond motifs is 1. The molecule has 1 saturated heterocycles. The Kier molecular flexibility index (Phi) is 9.07. The maximum Gasteiger partial charge on any atom is 0.409 e. The molecule has 0 bridgehead atoms. The zero-order valence-electron chi connectivity index (χ0n) is 14.0. The second-order valence-electron chi connectivity index (χ2n) is 6.10. The van der Waals surface area contributed by atoms with Crippen molar-refractivity contribution in [2.45, 2.75) is 45.4 Å². The van der Waals surface area contributed by atoms with Gasteiger partial charge in [0.05, 0.1) is 18.2 Å². The van der Waals surface area contributed by atoms with Gasteiger partial charge in [-0.1, -0.05) is 30.5 Å². The van der Waals surface area contributed by atoms with Gasteiger partial charge in [0.15, 0.2) is 0 Å². The van der Waals surface area contributed by atoms with Crippen molar-refractivity contribution in [2.24, 2.45) is 17.0 Å². The van der Waals surface area contributed by atoms with Crippen molar-refractivity contribution >= 4 is 24.2 Å². The summed E-state index contributed by atoms with van der Waals surface area (Å²) < 4.78 is 4.94. The van der Waals surface area contributed by atoms with Gasteiger partial charge >= 0.3 is 6.09 Å². The minimum atomic E-state index is -0.224. The summed E-state index contributed by atoms with van der Waals surface area (Å²) in [5.41, 5.74) is 1.09. The van der Waals surface area contributed by atoms with Gasteiger partial charge in [-0.15, -0.1) is 19.0 Å². The number of carbonyl (C=O) groups excluding carboxylic acids is 1. The van der Waals surface area contributed by atoms with Crippen LogP contribution in [-0.4, -0.2) is 43.0 Å². The highest BCUT2D eigenvalue weighted by atomic mass is 35.5. The number of allylic oxidation sites excluding steroid dienone is 1. The van der Waals surface area contributed by atoms with Crippen molar-refractivity contribution < 1.29 is 14.4 Å². The Labute approximate surface area is 145 Å². The van der Waals surface area contributed by atoms with Crippen molar-refractivity contribution in [3.63, 3.8) is 0 Å². The van der Waals surface area contributed by atoms with Gasteiger partial charge in [-0.25, -0.2) is 4.79 Å². The number of ether oxygens (including phenoxy) is 1. The lowest BCUT2D eigenvalue weighted by atomic mass is 9.90.